The summed E-state index contributed by atoms with van der Waals surface area (Å²) < 4.78 is 2.55. The number of thiocarbonyl (C=S) groups is 1. The second-order valence-corrected chi connectivity index (χ2v) is 8.42. The van der Waals surface area contributed by atoms with Crippen LogP contribution in [0.25, 0.3) is 0 Å². The molecule has 3 heterocycles. The molecule has 0 radical (unpaired) electrons. The van der Waals surface area contributed by atoms with Crippen LogP contribution in [-0.2, 0) is 0 Å². The first-order chi connectivity index (χ1) is 13.6. The summed E-state index contributed by atoms with van der Waals surface area (Å²) in [6.45, 7) is 5.38. The number of nitrogens with one attached hydrogen (secondary N) is 1. The van der Waals surface area contributed by atoms with Gasteiger partial charge in [-0.3, -0.25) is 4.98 Å². The Morgan fingerprint density at radius 3 is 2.71 bits per heavy atom. The summed E-state index contributed by atoms with van der Waals surface area (Å²) in [4.78, 5) is 6.86. The molecule has 0 unspecified atom stereocenters. The van der Waals surface area contributed by atoms with E-state index in [0.717, 1.165) is 17.4 Å². The lowest BCUT2D eigenvalue weighted by molar-refractivity contribution is 0.247. The third-order valence-electron chi connectivity index (χ3n) is 6.29. The maximum Gasteiger partial charge on any atom is 0.170 e. The van der Waals surface area contributed by atoms with Crippen molar-refractivity contribution < 1.29 is 5.11 Å². The van der Waals surface area contributed by atoms with Crippen molar-refractivity contribution in [3.63, 3.8) is 0 Å². The normalized spacial score (nSPS) is 22.8. The van der Waals surface area contributed by atoms with E-state index >= 15 is 0 Å². The number of aliphatic hydroxyl groups is 1. The van der Waals surface area contributed by atoms with Crippen LogP contribution in [0.5, 0.6) is 0 Å². The minimum absolute atomic E-state index is 0.0184. The molecule has 1 saturated carbocycles. The van der Waals surface area contributed by atoms with Gasteiger partial charge in [-0.25, -0.2) is 0 Å². The van der Waals surface area contributed by atoms with Gasteiger partial charge < -0.3 is 19.9 Å². The molecule has 2 aliphatic rings. The summed E-state index contributed by atoms with van der Waals surface area (Å²) in [6, 6.07) is 9.12. The largest absolute Gasteiger partial charge is 0.396 e. The number of nitrogens with zero attached hydrogens (tertiary/aromatic N) is 3. The van der Waals surface area contributed by atoms with Gasteiger partial charge in [0, 0.05) is 36.8 Å². The highest BCUT2D eigenvalue weighted by Gasteiger charge is 2.41. The average Bonchev–Trinajstić information content (AvgIpc) is 3.39. The SMILES string of the molecule is Cc1cc([C@H]2[C@H](c3ccccn3)NC(=S)N2CCCO)c(C)n1C1CCCC1. The van der Waals surface area contributed by atoms with Gasteiger partial charge in [-0.05, 0) is 69.1 Å². The Morgan fingerprint density at radius 2 is 2.04 bits per heavy atom. The molecule has 2 N–H and O–H groups in total. The zero-order chi connectivity index (χ0) is 19.7. The molecule has 0 spiro atoms. The highest BCUT2D eigenvalue weighted by molar-refractivity contribution is 7.80. The highest BCUT2D eigenvalue weighted by atomic mass is 32.1. The molecule has 28 heavy (non-hydrogen) atoms. The molecule has 2 aromatic heterocycles. The molecule has 1 aliphatic carbocycles. The van der Waals surface area contributed by atoms with Crippen LogP contribution in [0.4, 0.5) is 0 Å². The average molecular weight is 399 g/mol. The van der Waals surface area contributed by atoms with E-state index in [2.05, 4.69) is 45.7 Å². The maximum absolute atomic E-state index is 9.39. The molecule has 2 atom stereocenters. The van der Waals surface area contributed by atoms with Crippen molar-refractivity contribution in [2.24, 2.45) is 0 Å². The fraction of sp³-hybridized carbons (Fsp3) is 0.545. The zero-order valence-corrected chi connectivity index (χ0v) is 17.6. The van der Waals surface area contributed by atoms with Crippen molar-refractivity contribution in [1.82, 2.24) is 19.8 Å². The Morgan fingerprint density at radius 1 is 1.25 bits per heavy atom. The first kappa shape index (κ1) is 19.4. The summed E-state index contributed by atoms with van der Waals surface area (Å²) >= 11 is 5.70. The monoisotopic (exact) mass is 398 g/mol. The van der Waals surface area contributed by atoms with E-state index in [1.807, 2.05) is 18.3 Å². The molecule has 150 valence electrons. The Kier molecular flexibility index (Phi) is 5.69. The summed E-state index contributed by atoms with van der Waals surface area (Å²) in [5.74, 6) is 0. The van der Waals surface area contributed by atoms with Crippen molar-refractivity contribution >= 4 is 17.3 Å². The molecule has 0 aromatic carbocycles. The second kappa shape index (κ2) is 8.21. The number of pyridine rings is 1. The minimum Gasteiger partial charge on any atom is -0.396 e. The number of hydrogen-bond donors (Lipinski definition) is 2. The van der Waals surface area contributed by atoms with Gasteiger partial charge >= 0.3 is 0 Å². The first-order valence-electron chi connectivity index (χ1n) is 10.4. The van der Waals surface area contributed by atoms with Crippen LogP contribution in [0.3, 0.4) is 0 Å². The van der Waals surface area contributed by atoms with Crippen molar-refractivity contribution in [2.45, 2.75) is 64.1 Å². The number of aryl methyl sites for hydroxylation is 1. The Labute approximate surface area is 172 Å². The molecule has 6 heteroatoms. The van der Waals surface area contributed by atoms with E-state index in [9.17, 15) is 5.11 Å². The third-order valence-corrected chi connectivity index (χ3v) is 6.64. The number of aromatic nitrogens is 2. The summed E-state index contributed by atoms with van der Waals surface area (Å²) in [5.41, 5.74) is 5.01. The van der Waals surface area contributed by atoms with Gasteiger partial charge in [-0.1, -0.05) is 18.9 Å². The van der Waals surface area contributed by atoms with Crippen LogP contribution in [0.1, 0.15) is 72.9 Å². The Bertz CT molecular complexity index is 829. The van der Waals surface area contributed by atoms with Crippen LogP contribution in [0.15, 0.2) is 30.5 Å². The van der Waals surface area contributed by atoms with Crippen LogP contribution < -0.4 is 5.32 Å². The molecule has 0 amide bonds. The Balaban J connectivity index is 1.76. The molecule has 4 rings (SSSR count). The topological polar surface area (TPSA) is 53.3 Å². The van der Waals surface area contributed by atoms with E-state index in [-0.39, 0.29) is 18.7 Å². The van der Waals surface area contributed by atoms with Crippen LogP contribution in [-0.4, -0.2) is 37.8 Å². The lowest BCUT2D eigenvalue weighted by Gasteiger charge is -2.28. The summed E-state index contributed by atoms with van der Waals surface area (Å²) in [5, 5.41) is 13.6. The van der Waals surface area contributed by atoms with Crippen LogP contribution >= 0.6 is 12.2 Å². The predicted octanol–water partition coefficient (Wildman–Crippen LogP) is 3.97. The fourth-order valence-corrected chi connectivity index (χ4v) is 5.38. The summed E-state index contributed by atoms with van der Waals surface area (Å²) in [7, 11) is 0. The molecule has 1 aliphatic heterocycles. The standard InChI is InChI=1S/C22H30N4OS/c1-15-14-18(16(2)26(15)17-8-3-4-9-17)21-20(19-10-5-6-11-23-19)24-22(28)25(21)12-7-13-27/h5-6,10-11,14,17,20-21,27H,3-4,7-9,12-13H2,1-2H3,(H,24,28)/t20-,21-/m0/s1. The number of hydrogen-bond acceptors (Lipinski definition) is 3. The molecule has 2 fully saturated rings. The van der Waals surface area contributed by atoms with Gasteiger partial charge in [-0.15, -0.1) is 0 Å². The van der Waals surface area contributed by atoms with Crippen molar-refractivity contribution in [3.05, 3.63) is 53.1 Å². The second-order valence-electron chi connectivity index (χ2n) is 8.03. The highest BCUT2D eigenvalue weighted by Crippen LogP contribution is 2.42. The van der Waals surface area contributed by atoms with Crippen LogP contribution in [0, 0.1) is 13.8 Å². The first-order valence-corrected chi connectivity index (χ1v) is 10.8. The molecule has 5 nitrogen and oxygen atoms in total. The van der Waals surface area contributed by atoms with E-state index in [4.69, 9.17) is 12.2 Å². The molecular formula is C22H30N4OS. The van der Waals surface area contributed by atoms with Gasteiger partial charge in [0.2, 0.25) is 0 Å². The maximum atomic E-state index is 9.39. The third kappa shape index (κ3) is 3.44. The van der Waals surface area contributed by atoms with E-state index in [1.54, 1.807) is 0 Å². The van der Waals surface area contributed by atoms with Crippen LogP contribution in [0.2, 0.25) is 0 Å². The minimum atomic E-state index is 0.0184. The fourth-order valence-electron chi connectivity index (χ4n) is 5.05. The van der Waals surface area contributed by atoms with Gasteiger partial charge in [0.1, 0.15) is 0 Å². The van der Waals surface area contributed by atoms with E-state index < -0.39 is 0 Å². The number of rotatable bonds is 6. The van der Waals surface area contributed by atoms with Crippen molar-refractivity contribution in [2.75, 3.05) is 13.2 Å². The van der Waals surface area contributed by atoms with E-state index in [1.165, 1.54) is 42.6 Å². The van der Waals surface area contributed by atoms with Gasteiger partial charge in [0.15, 0.2) is 5.11 Å². The molecule has 1 saturated heterocycles. The van der Waals surface area contributed by atoms with Crippen molar-refractivity contribution in [3.8, 4) is 0 Å². The molecular weight excluding hydrogens is 368 g/mol. The molecule has 0 bridgehead atoms. The zero-order valence-electron chi connectivity index (χ0n) is 16.8. The van der Waals surface area contributed by atoms with Crippen molar-refractivity contribution in [1.29, 1.82) is 0 Å². The Hall–Kier alpha value is -1.92. The molecule has 2 aromatic rings. The predicted molar refractivity (Wildman–Crippen MR) is 115 cm³/mol. The lowest BCUT2D eigenvalue weighted by Crippen LogP contribution is -2.31. The lowest BCUT2D eigenvalue weighted by atomic mass is 9.96. The van der Waals surface area contributed by atoms with Gasteiger partial charge in [-0.2, -0.15) is 0 Å². The smallest absolute Gasteiger partial charge is 0.170 e. The quantitative estimate of drug-likeness (QED) is 0.721. The van der Waals surface area contributed by atoms with Gasteiger partial charge in [0.05, 0.1) is 17.8 Å². The van der Waals surface area contributed by atoms with E-state index in [0.29, 0.717) is 12.5 Å². The summed E-state index contributed by atoms with van der Waals surface area (Å²) in [6.07, 6.45) is 7.74. The van der Waals surface area contributed by atoms with Gasteiger partial charge in [0.25, 0.3) is 0 Å². The number of aliphatic hydroxyl groups excluding tert-OH is 1.